The van der Waals surface area contributed by atoms with Crippen LogP contribution in [0.2, 0.25) is 0 Å². The van der Waals surface area contributed by atoms with Gasteiger partial charge in [-0.3, -0.25) is 0 Å². The zero-order valence-corrected chi connectivity index (χ0v) is 13.4. The Morgan fingerprint density at radius 3 is 2.56 bits per heavy atom. The first kappa shape index (κ1) is 14.0. The molecule has 96 valence electrons. The number of aryl methyl sites for hydroxylation is 1. The molecule has 1 aromatic carbocycles. The number of rotatable bonds is 5. The van der Waals surface area contributed by atoms with Crippen molar-refractivity contribution in [2.45, 2.75) is 19.8 Å². The minimum absolute atomic E-state index is 0.453. The zero-order valence-electron chi connectivity index (χ0n) is 10.2. The summed E-state index contributed by atoms with van der Waals surface area (Å²) < 4.78 is 1.11. The van der Waals surface area contributed by atoms with E-state index in [2.05, 4.69) is 50.6 Å². The van der Waals surface area contributed by atoms with Gasteiger partial charge in [-0.25, -0.2) is 4.98 Å². The number of aromatic nitrogens is 1. The predicted octanol–water partition coefficient (Wildman–Crippen LogP) is 4.85. The van der Waals surface area contributed by atoms with Crippen molar-refractivity contribution in [1.29, 1.82) is 0 Å². The highest BCUT2D eigenvalue weighted by molar-refractivity contribution is 9.10. The minimum atomic E-state index is 0.453. The molecule has 0 saturated carbocycles. The van der Waals surface area contributed by atoms with Crippen LogP contribution in [0, 0.1) is 12.8 Å². The van der Waals surface area contributed by atoms with Gasteiger partial charge in [-0.15, -0.1) is 22.9 Å². The highest BCUT2D eigenvalue weighted by atomic mass is 79.9. The fourth-order valence-electron chi connectivity index (χ4n) is 1.93. The van der Waals surface area contributed by atoms with E-state index in [1.54, 1.807) is 11.3 Å². The molecule has 18 heavy (non-hydrogen) atoms. The molecule has 0 radical (unpaired) electrons. The highest BCUT2D eigenvalue weighted by Gasteiger charge is 2.11. The topological polar surface area (TPSA) is 12.9 Å². The lowest BCUT2D eigenvalue weighted by Gasteiger charge is -2.12. The molecule has 4 heteroatoms. The molecule has 0 N–H and O–H groups in total. The maximum absolute atomic E-state index is 6.07. The smallest absolute Gasteiger partial charge is 0.0897 e. The van der Waals surface area contributed by atoms with Gasteiger partial charge in [0.05, 0.1) is 10.7 Å². The molecule has 1 nitrogen and oxygen atoms in total. The fraction of sp³-hybridized carbons (Fsp3) is 0.357. The summed E-state index contributed by atoms with van der Waals surface area (Å²) >= 11 is 11.2. The van der Waals surface area contributed by atoms with Gasteiger partial charge in [0.1, 0.15) is 0 Å². The van der Waals surface area contributed by atoms with Crippen LogP contribution >= 0.6 is 38.9 Å². The van der Waals surface area contributed by atoms with Gasteiger partial charge in [0.15, 0.2) is 0 Å². The van der Waals surface area contributed by atoms with Crippen LogP contribution in [0.5, 0.6) is 0 Å². The van der Waals surface area contributed by atoms with E-state index in [4.69, 9.17) is 11.6 Å². The van der Waals surface area contributed by atoms with Crippen LogP contribution in [-0.4, -0.2) is 10.9 Å². The Hall–Kier alpha value is -0.380. The van der Waals surface area contributed by atoms with Crippen LogP contribution in [0.1, 0.15) is 16.3 Å². The van der Waals surface area contributed by atoms with Crippen LogP contribution < -0.4 is 0 Å². The molecule has 0 saturated heterocycles. The van der Waals surface area contributed by atoms with Gasteiger partial charge < -0.3 is 0 Å². The number of thiazole rings is 1. The third-order valence-corrected chi connectivity index (χ3v) is 4.61. The van der Waals surface area contributed by atoms with Gasteiger partial charge in [0.2, 0.25) is 0 Å². The van der Waals surface area contributed by atoms with Crippen LogP contribution in [0.3, 0.4) is 0 Å². The Balaban J connectivity index is 1.99. The molecule has 1 atom stereocenters. The lowest BCUT2D eigenvalue weighted by molar-refractivity contribution is 0.576. The Bertz CT molecular complexity index is 495. The van der Waals surface area contributed by atoms with Crippen molar-refractivity contribution >= 4 is 38.9 Å². The summed E-state index contributed by atoms with van der Waals surface area (Å²) in [5, 5.41) is 3.26. The molecular formula is C14H15BrClNS. The molecular weight excluding hydrogens is 330 g/mol. The largest absolute Gasteiger partial charge is 0.247 e. The van der Waals surface area contributed by atoms with Gasteiger partial charge in [-0.1, -0.05) is 28.1 Å². The number of halogens is 2. The molecule has 0 bridgehead atoms. The third kappa shape index (κ3) is 4.08. The van der Waals surface area contributed by atoms with Crippen LogP contribution in [0.4, 0.5) is 0 Å². The van der Waals surface area contributed by atoms with Crippen molar-refractivity contribution in [2.75, 3.05) is 5.88 Å². The number of alkyl halides is 1. The van der Waals surface area contributed by atoms with Crippen LogP contribution in [-0.2, 0) is 12.8 Å². The Labute approximate surface area is 125 Å². The average molecular weight is 345 g/mol. The van der Waals surface area contributed by atoms with Crippen molar-refractivity contribution < 1.29 is 0 Å². The predicted molar refractivity (Wildman–Crippen MR) is 82.6 cm³/mol. The second-order valence-electron chi connectivity index (χ2n) is 4.41. The van der Waals surface area contributed by atoms with Gasteiger partial charge in [0.25, 0.3) is 0 Å². The highest BCUT2D eigenvalue weighted by Crippen LogP contribution is 2.19. The van der Waals surface area contributed by atoms with Gasteiger partial charge in [0, 0.05) is 15.7 Å². The molecule has 0 aliphatic carbocycles. The van der Waals surface area contributed by atoms with Crippen LogP contribution in [0.15, 0.2) is 34.1 Å². The van der Waals surface area contributed by atoms with E-state index < -0.39 is 0 Å². The number of hydrogen-bond donors (Lipinski definition) is 0. The molecule has 0 spiro atoms. The second kappa shape index (κ2) is 6.69. The Morgan fingerprint density at radius 2 is 2.00 bits per heavy atom. The summed E-state index contributed by atoms with van der Waals surface area (Å²) in [5.41, 5.74) is 2.50. The maximum atomic E-state index is 6.07. The van der Waals surface area contributed by atoms with Gasteiger partial charge in [-0.2, -0.15) is 0 Å². The van der Waals surface area contributed by atoms with Crippen molar-refractivity contribution in [1.82, 2.24) is 4.98 Å². The number of benzene rings is 1. The molecule has 0 fully saturated rings. The van der Waals surface area contributed by atoms with E-state index >= 15 is 0 Å². The lowest BCUT2D eigenvalue weighted by Crippen LogP contribution is -2.10. The molecule has 0 aliphatic rings. The minimum Gasteiger partial charge on any atom is -0.247 e. The summed E-state index contributed by atoms with van der Waals surface area (Å²) in [6, 6.07) is 8.45. The first-order chi connectivity index (χ1) is 8.67. The molecule has 1 aromatic heterocycles. The average Bonchev–Trinajstić information content (AvgIpc) is 2.77. The van der Waals surface area contributed by atoms with Crippen molar-refractivity contribution in [3.05, 3.63) is 50.4 Å². The van der Waals surface area contributed by atoms with E-state index in [0.29, 0.717) is 11.8 Å². The second-order valence-corrected chi connectivity index (χ2v) is 6.70. The molecule has 2 aromatic rings. The van der Waals surface area contributed by atoms with Crippen molar-refractivity contribution in [3.8, 4) is 0 Å². The Kier molecular flexibility index (Phi) is 5.22. The van der Waals surface area contributed by atoms with E-state index in [1.807, 2.05) is 6.92 Å². The van der Waals surface area contributed by atoms with Crippen molar-refractivity contribution in [3.63, 3.8) is 0 Å². The van der Waals surface area contributed by atoms with Gasteiger partial charge >= 0.3 is 0 Å². The molecule has 1 heterocycles. The molecule has 2 rings (SSSR count). The SMILES string of the molecule is Cc1nc(CC(CCl)Cc2ccc(Br)cc2)cs1. The quantitative estimate of drug-likeness (QED) is 0.706. The van der Waals surface area contributed by atoms with E-state index in [9.17, 15) is 0 Å². The zero-order chi connectivity index (χ0) is 13.0. The molecule has 0 amide bonds. The monoisotopic (exact) mass is 343 g/mol. The fourth-order valence-corrected chi connectivity index (χ4v) is 3.04. The maximum Gasteiger partial charge on any atom is 0.0897 e. The number of nitrogens with zero attached hydrogens (tertiary/aromatic N) is 1. The lowest BCUT2D eigenvalue weighted by atomic mass is 9.97. The van der Waals surface area contributed by atoms with Crippen molar-refractivity contribution in [2.24, 2.45) is 5.92 Å². The molecule has 0 aliphatic heterocycles. The summed E-state index contributed by atoms with van der Waals surface area (Å²) in [7, 11) is 0. The third-order valence-electron chi connectivity index (χ3n) is 2.82. The number of hydrogen-bond acceptors (Lipinski definition) is 2. The normalized spacial score (nSPS) is 12.6. The summed E-state index contributed by atoms with van der Waals surface area (Å²) in [6.07, 6.45) is 1.97. The van der Waals surface area contributed by atoms with E-state index in [-0.39, 0.29) is 0 Å². The first-order valence-electron chi connectivity index (χ1n) is 5.89. The van der Waals surface area contributed by atoms with Crippen LogP contribution in [0.25, 0.3) is 0 Å². The summed E-state index contributed by atoms with van der Waals surface area (Å²) in [5.74, 6) is 1.13. The van der Waals surface area contributed by atoms with E-state index in [1.165, 1.54) is 11.3 Å². The van der Waals surface area contributed by atoms with Gasteiger partial charge in [-0.05, 0) is 43.4 Å². The standard InChI is InChI=1S/C14H15BrClNS/c1-10-17-14(9-18-10)7-12(8-16)6-11-2-4-13(15)5-3-11/h2-5,9,12H,6-8H2,1H3. The summed E-state index contributed by atoms with van der Waals surface area (Å²) in [4.78, 5) is 4.51. The molecule has 1 unspecified atom stereocenters. The summed E-state index contributed by atoms with van der Waals surface area (Å²) in [6.45, 7) is 2.04. The Morgan fingerprint density at radius 1 is 1.28 bits per heavy atom. The first-order valence-corrected chi connectivity index (χ1v) is 8.09. The van der Waals surface area contributed by atoms with E-state index in [0.717, 1.165) is 22.3 Å².